The van der Waals surface area contributed by atoms with Crippen LogP contribution in [0.1, 0.15) is 40.0 Å². The summed E-state index contributed by atoms with van der Waals surface area (Å²) in [4.78, 5) is 0. The SMILES string of the molecule is COCCCCCNCCNC(C)(C)C. The summed E-state index contributed by atoms with van der Waals surface area (Å²) >= 11 is 0. The first-order chi connectivity index (χ1) is 7.06. The maximum Gasteiger partial charge on any atom is 0.0462 e. The molecule has 0 radical (unpaired) electrons. The van der Waals surface area contributed by atoms with E-state index in [1.165, 1.54) is 19.3 Å². The molecule has 0 aromatic rings. The van der Waals surface area contributed by atoms with Crippen LogP contribution < -0.4 is 10.6 Å². The first kappa shape index (κ1) is 14.9. The quantitative estimate of drug-likeness (QED) is 0.576. The fourth-order valence-electron chi connectivity index (χ4n) is 1.32. The van der Waals surface area contributed by atoms with Crippen molar-refractivity contribution in [3.8, 4) is 0 Å². The molecule has 0 bridgehead atoms. The van der Waals surface area contributed by atoms with Gasteiger partial charge in [-0.1, -0.05) is 0 Å². The van der Waals surface area contributed by atoms with Gasteiger partial charge in [0.25, 0.3) is 0 Å². The first-order valence-corrected chi connectivity index (χ1v) is 6.01. The molecule has 0 aliphatic rings. The van der Waals surface area contributed by atoms with Crippen molar-refractivity contribution in [2.75, 3.05) is 33.4 Å². The highest BCUT2D eigenvalue weighted by atomic mass is 16.5. The number of hydrogen-bond donors (Lipinski definition) is 2. The topological polar surface area (TPSA) is 33.3 Å². The molecule has 0 heterocycles. The third-order valence-corrected chi connectivity index (χ3v) is 2.16. The van der Waals surface area contributed by atoms with Crippen molar-refractivity contribution in [2.45, 2.75) is 45.6 Å². The summed E-state index contributed by atoms with van der Waals surface area (Å²) < 4.78 is 4.99. The monoisotopic (exact) mass is 216 g/mol. The van der Waals surface area contributed by atoms with Crippen molar-refractivity contribution < 1.29 is 4.74 Å². The zero-order valence-electron chi connectivity index (χ0n) is 10.9. The van der Waals surface area contributed by atoms with E-state index in [0.717, 1.165) is 26.2 Å². The minimum atomic E-state index is 0.236. The van der Waals surface area contributed by atoms with Crippen LogP contribution in [0.25, 0.3) is 0 Å². The Morgan fingerprint density at radius 1 is 0.933 bits per heavy atom. The molecule has 3 nitrogen and oxygen atoms in total. The highest BCUT2D eigenvalue weighted by Gasteiger charge is 2.06. The number of methoxy groups -OCH3 is 1. The Balaban J connectivity index is 2.99. The second-order valence-electron chi connectivity index (χ2n) is 4.98. The summed E-state index contributed by atoms with van der Waals surface area (Å²) in [5.74, 6) is 0. The standard InChI is InChI=1S/C12H28N2O/c1-12(2,3)14-10-9-13-8-6-5-7-11-15-4/h13-14H,5-11H2,1-4H3. The number of ether oxygens (including phenoxy) is 1. The van der Waals surface area contributed by atoms with Gasteiger partial charge in [0.2, 0.25) is 0 Å². The molecule has 0 unspecified atom stereocenters. The maximum atomic E-state index is 4.99. The summed E-state index contributed by atoms with van der Waals surface area (Å²) in [6.45, 7) is 10.7. The van der Waals surface area contributed by atoms with Crippen LogP contribution in [0, 0.1) is 0 Å². The number of hydrogen-bond acceptors (Lipinski definition) is 3. The molecule has 0 saturated heterocycles. The predicted molar refractivity (Wildman–Crippen MR) is 66.4 cm³/mol. The van der Waals surface area contributed by atoms with Gasteiger partial charge in [0.15, 0.2) is 0 Å². The van der Waals surface area contributed by atoms with Crippen LogP contribution in [-0.4, -0.2) is 38.9 Å². The Kier molecular flexibility index (Phi) is 9.06. The van der Waals surface area contributed by atoms with E-state index in [1.54, 1.807) is 7.11 Å². The molecule has 0 aromatic heterocycles. The average Bonchev–Trinajstić information content (AvgIpc) is 2.14. The Hall–Kier alpha value is -0.120. The lowest BCUT2D eigenvalue weighted by molar-refractivity contribution is 0.192. The van der Waals surface area contributed by atoms with Crippen molar-refractivity contribution >= 4 is 0 Å². The van der Waals surface area contributed by atoms with Crippen LogP contribution in [0.15, 0.2) is 0 Å². The number of nitrogens with one attached hydrogen (secondary N) is 2. The Bertz CT molecular complexity index is 132. The van der Waals surface area contributed by atoms with Gasteiger partial charge < -0.3 is 15.4 Å². The van der Waals surface area contributed by atoms with Gasteiger partial charge in [0.05, 0.1) is 0 Å². The molecule has 0 amide bonds. The Morgan fingerprint density at radius 2 is 1.67 bits per heavy atom. The van der Waals surface area contributed by atoms with E-state index in [0.29, 0.717) is 0 Å². The number of rotatable bonds is 9. The molecule has 0 aromatic carbocycles. The van der Waals surface area contributed by atoms with Crippen molar-refractivity contribution in [1.82, 2.24) is 10.6 Å². The van der Waals surface area contributed by atoms with Gasteiger partial charge in [-0.2, -0.15) is 0 Å². The van der Waals surface area contributed by atoms with Gasteiger partial charge in [-0.05, 0) is 46.6 Å². The molecule has 0 spiro atoms. The van der Waals surface area contributed by atoms with Gasteiger partial charge >= 0.3 is 0 Å². The highest BCUT2D eigenvalue weighted by molar-refractivity contribution is 4.70. The van der Waals surface area contributed by atoms with E-state index in [4.69, 9.17) is 4.74 Å². The lowest BCUT2D eigenvalue weighted by Crippen LogP contribution is -2.40. The fraction of sp³-hybridized carbons (Fsp3) is 1.00. The molecular weight excluding hydrogens is 188 g/mol. The molecule has 2 N–H and O–H groups in total. The van der Waals surface area contributed by atoms with Crippen LogP contribution in [0.4, 0.5) is 0 Å². The smallest absolute Gasteiger partial charge is 0.0462 e. The summed E-state index contributed by atoms with van der Waals surface area (Å²) in [5.41, 5.74) is 0.236. The molecule has 0 atom stereocenters. The van der Waals surface area contributed by atoms with Crippen molar-refractivity contribution in [2.24, 2.45) is 0 Å². The van der Waals surface area contributed by atoms with Gasteiger partial charge in [0, 0.05) is 32.3 Å². The summed E-state index contributed by atoms with van der Waals surface area (Å²) in [7, 11) is 1.76. The zero-order valence-corrected chi connectivity index (χ0v) is 10.9. The third kappa shape index (κ3) is 13.9. The Morgan fingerprint density at radius 3 is 2.27 bits per heavy atom. The van der Waals surface area contributed by atoms with Gasteiger partial charge in [-0.25, -0.2) is 0 Å². The van der Waals surface area contributed by atoms with E-state index >= 15 is 0 Å². The molecule has 3 heteroatoms. The second-order valence-corrected chi connectivity index (χ2v) is 4.98. The van der Waals surface area contributed by atoms with Crippen molar-refractivity contribution in [3.63, 3.8) is 0 Å². The van der Waals surface area contributed by atoms with Crippen molar-refractivity contribution in [1.29, 1.82) is 0 Å². The summed E-state index contributed by atoms with van der Waals surface area (Å²) in [6, 6.07) is 0. The van der Waals surface area contributed by atoms with E-state index in [2.05, 4.69) is 31.4 Å². The van der Waals surface area contributed by atoms with E-state index in [-0.39, 0.29) is 5.54 Å². The summed E-state index contributed by atoms with van der Waals surface area (Å²) in [6.07, 6.45) is 3.69. The van der Waals surface area contributed by atoms with E-state index in [9.17, 15) is 0 Å². The number of unbranched alkanes of at least 4 members (excludes halogenated alkanes) is 2. The van der Waals surface area contributed by atoms with Crippen molar-refractivity contribution in [3.05, 3.63) is 0 Å². The minimum absolute atomic E-state index is 0.236. The molecule has 0 aliphatic heterocycles. The molecule has 0 fully saturated rings. The molecule has 0 aliphatic carbocycles. The normalized spacial score (nSPS) is 12.0. The minimum Gasteiger partial charge on any atom is -0.385 e. The largest absolute Gasteiger partial charge is 0.385 e. The fourth-order valence-corrected chi connectivity index (χ4v) is 1.32. The average molecular weight is 216 g/mol. The first-order valence-electron chi connectivity index (χ1n) is 6.01. The zero-order chi connectivity index (χ0) is 11.6. The molecular formula is C12H28N2O. The maximum absolute atomic E-state index is 4.99. The summed E-state index contributed by atoms with van der Waals surface area (Å²) in [5, 5.41) is 6.88. The van der Waals surface area contributed by atoms with Gasteiger partial charge in [-0.3, -0.25) is 0 Å². The molecule has 0 saturated carbocycles. The molecule has 0 rings (SSSR count). The van der Waals surface area contributed by atoms with E-state index in [1.807, 2.05) is 0 Å². The lowest BCUT2D eigenvalue weighted by Gasteiger charge is -2.20. The van der Waals surface area contributed by atoms with Crippen LogP contribution in [0.2, 0.25) is 0 Å². The van der Waals surface area contributed by atoms with Gasteiger partial charge in [0.1, 0.15) is 0 Å². The lowest BCUT2D eigenvalue weighted by atomic mass is 10.1. The predicted octanol–water partition coefficient (Wildman–Crippen LogP) is 1.78. The molecule has 15 heavy (non-hydrogen) atoms. The Labute approximate surface area is 95.0 Å². The van der Waals surface area contributed by atoms with Crippen LogP contribution in [-0.2, 0) is 4.74 Å². The third-order valence-electron chi connectivity index (χ3n) is 2.16. The van der Waals surface area contributed by atoms with Crippen LogP contribution in [0.5, 0.6) is 0 Å². The van der Waals surface area contributed by atoms with Gasteiger partial charge in [-0.15, -0.1) is 0 Å². The molecule has 92 valence electrons. The highest BCUT2D eigenvalue weighted by Crippen LogP contribution is 1.96. The van der Waals surface area contributed by atoms with E-state index < -0.39 is 0 Å². The van der Waals surface area contributed by atoms with Crippen LogP contribution >= 0.6 is 0 Å². The van der Waals surface area contributed by atoms with Crippen LogP contribution in [0.3, 0.4) is 0 Å². The second kappa shape index (κ2) is 9.13.